The van der Waals surface area contributed by atoms with E-state index in [0.717, 1.165) is 0 Å². The third-order valence-corrected chi connectivity index (χ3v) is 4.99. The van der Waals surface area contributed by atoms with Crippen LogP contribution in [0.2, 0.25) is 0 Å². The summed E-state index contributed by atoms with van der Waals surface area (Å²) in [5.41, 5.74) is 0.948. The highest BCUT2D eigenvalue weighted by Gasteiger charge is 2.22. The lowest BCUT2D eigenvalue weighted by atomic mass is 10.1. The van der Waals surface area contributed by atoms with Crippen molar-refractivity contribution >= 4 is 23.3 Å². The van der Waals surface area contributed by atoms with E-state index in [1.165, 1.54) is 56.5 Å². The Morgan fingerprint density at radius 2 is 1.56 bits per heavy atom. The van der Waals surface area contributed by atoms with Gasteiger partial charge in [-0.25, -0.2) is 9.18 Å². The lowest BCUT2D eigenvalue weighted by Crippen LogP contribution is -2.24. The van der Waals surface area contributed by atoms with Crippen molar-refractivity contribution in [1.29, 1.82) is 0 Å². The minimum atomic E-state index is -1.02. The minimum Gasteiger partial charge on any atom is -0.494 e. The van der Waals surface area contributed by atoms with Crippen molar-refractivity contribution in [3.63, 3.8) is 0 Å². The Bertz CT molecular complexity index is 1210. The van der Waals surface area contributed by atoms with E-state index in [0.29, 0.717) is 23.6 Å². The molecule has 0 saturated carbocycles. The van der Waals surface area contributed by atoms with Crippen molar-refractivity contribution in [2.45, 2.75) is 20.0 Å². The molecule has 1 N–H and O–H groups in total. The third kappa shape index (κ3) is 7.05. The molecule has 0 aliphatic rings. The molecule has 3 rings (SSSR count). The van der Waals surface area contributed by atoms with E-state index in [9.17, 15) is 18.8 Å². The van der Waals surface area contributed by atoms with Crippen LogP contribution in [-0.2, 0) is 9.53 Å². The van der Waals surface area contributed by atoms with Crippen LogP contribution in [0, 0.1) is 5.82 Å². The number of anilines is 1. The van der Waals surface area contributed by atoms with Crippen molar-refractivity contribution in [1.82, 2.24) is 0 Å². The molecule has 3 aromatic rings. The molecule has 0 heterocycles. The summed E-state index contributed by atoms with van der Waals surface area (Å²) >= 11 is 0. The highest BCUT2D eigenvalue weighted by molar-refractivity contribution is 6.01. The van der Waals surface area contributed by atoms with Crippen molar-refractivity contribution in [2.24, 2.45) is 0 Å². The minimum absolute atomic E-state index is 0.140. The van der Waals surface area contributed by atoms with Gasteiger partial charge >= 0.3 is 5.97 Å². The predicted molar refractivity (Wildman–Crippen MR) is 130 cm³/mol. The van der Waals surface area contributed by atoms with Crippen LogP contribution in [0.25, 0.3) is 0 Å². The summed E-state index contributed by atoms with van der Waals surface area (Å²) in [6, 6.07) is 16.2. The van der Waals surface area contributed by atoms with Gasteiger partial charge in [-0.3, -0.25) is 9.59 Å². The van der Waals surface area contributed by atoms with Gasteiger partial charge in [-0.1, -0.05) is 0 Å². The van der Waals surface area contributed by atoms with Crippen LogP contribution in [0.3, 0.4) is 0 Å². The van der Waals surface area contributed by atoms with E-state index in [1.807, 2.05) is 6.92 Å². The molecule has 9 heteroatoms. The maximum Gasteiger partial charge on any atom is 0.338 e. The van der Waals surface area contributed by atoms with Gasteiger partial charge in [0.1, 0.15) is 11.6 Å². The topological polar surface area (TPSA) is 100 Å². The van der Waals surface area contributed by atoms with Crippen LogP contribution in [0.1, 0.15) is 34.6 Å². The molecule has 0 bridgehead atoms. The number of ether oxygens (including phenoxy) is 4. The van der Waals surface area contributed by atoms with Crippen LogP contribution < -0.4 is 19.5 Å². The van der Waals surface area contributed by atoms with Gasteiger partial charge in [0, 0.05) is 11.3 Å². The Balaban J connectivity index is 1.58. The van der Waals surface area contributed by atoms with E-state index in [4.69, 9.17) is 18.9 Å². The Morgan fingerprint density at radius 1 is 0.889 bits per heavy atom. The predicted octanol–water partition coefficient (Wildman–Crippen LogP) is 4.68. The maximum absolute atomic E-state index is 13.0. The number of esters is 1. The number of carbonyl (C=O) groups excluding carboxylic acids is 3. The van der Waals surface area contributed by atoms with Gasteiger partial charge in [-0.15, -0.1) is 0 Å². The molecule has 0 saturated heterocycles. The lowest BCUT2D eigenvalue weighted by Gasteiger charge is -2.15. The highest BCUT2D eigenvalue weighted by atomic mass is 19.1. The van der Waals surface area contributed by atoms with Crippen molar-refractivity contribution in [2.75, 3.05) is 25.6 Å². The Hall–Kier alpha value is -4.40. The Labute approximate surface area is 207 Å². The Morgan fingerprint density at radius 3 is 2.19 bits per heavy atom. The molecule has 0 aliphatic carbocycles. The number of methoxy groups -OCH3 is 1. The fraction of sp³-hybridized carbons (Fsp3) is 0.222. The monoisotopic (exact) mass is 495 g/mol. The molecule has 0 aliphatic heterocycles. The van der Waals surface area contributed by atoms with Crippen LogP contribution in [0.4, 0.5) is 10.1 Å². The summed E-state index contributed by atoms with van der Waals surface area (Å²) in [6.45, 7) is 3.52. The maximum atomic E-state index is 13.0. The van der Waals surface area contributed by atoms with Crippen molar-refractivity contribution in [3.05, 3.63) is 83.7 Å². The zero-order valence-electron chi connectivity index (χ0n) is 20.1. The second kappa shape index (κ2) is 12.3. The molecule has 8 nitrogen and oxygen atoms in total. The third-order valence-electron chi connectivity index (χ3n) is 4.99. The molecular formula is C27H26FNO7. The number of hydrogen-bond acceptors (Lipinski definition) is 7. The van der Waals surface area contributed by atoms with E-state index in [-0.39, 0.29) is 29.5 Å². The highest BCUT2D eigenvalue weighted by Crippen LogP contribution is 2.28. The summed E-state index contributed by atoms with van der Waals surface area (Å²) in [6.07, 6.45) is -1.02. The fourth-order valence-corrected chi connectivity index (χ4v) is 3.19. The molecule has 3 aromatic carbocycles. The van der Waals surface area contributed by atoms with Gasteiger partial charge in [0.25, 0.3) is 5.91 Å². The molecule has 1 amide bonds. The van der Waals surface area contributed by atoms with Crippen LogP contribution in [0.15, 0.2) is 66.7 Å². The smallest absolute Gasteiger partial charge is 0.338 e. The second-order valence-electron chi connectivity index (χ2n) is 7.58. The first-order chi connectivity index (χ1) is 17.3. The number of ketones is 1. The normalized spacial score (nSPS) is 11.2. The summed E-state index contributed by atoms with van der Waals surface area (Å²) in [5.74, 6) is -0.894. The SMILES string of the molecule is CCOc1ccc(C(=O)[C@H](C)OC(=O)c2ccc(OCC(=O)Nc3ccc(F)cc3)c(OC)c2)cc1. The molecule has 0 fully saturated rings. The van der Waals surface area contributed by atoms with Crippen molar-refractivity contribution in [3.8, 4) is 17.2 Å². The molecule has 36 heavy (non-hydrogen) atoms. The van der Waals surface area contributed by atoms with Crippen molar-refractivity contribution < 1.29 is 37.7 Å². The van der Waals surface area contributed by atoms with Gasteiger partial charge in [-0.2, -0.15) is 0 Å². The number of halogens is 1. The molecule has 0 radical (unpaired) electrons. The average molecular weight is 496 g/mol. The van der Waals surface area contributed by atoms with Gasteiger partial charge in [0.15, 0.2) is 24.2 Å². The van der Waals surface area contributed by atoms with Crippen LogP contribution in [-0.4, -0.2) is 44.1 Å². The van der Waals surface area contributed by atoms with Crippen LogP contribution in [0.5, 0.6) is 17.2 Å². The number of Topliss-reactive ketones (excluding diaryl/α,β-unsaturated/α-hetero) is 1. The number of benzene rings is 3. The van der Waals surface area contributed by atoms with Gasteiger partial charge < -0.3 is 24.3 Å². The summed E-state index contributed by atoms with van der Waals surface area (Å²) in [5, 5.41) is 2.58. The first-order valence-electron chi connectivity index (χ1n) is 11.1. The second-order valence-corrected chi connectivity index (χ2v) is 7.58. The number of hydrogen-bond donors (Lipinski definition) is 1. The zero-order chi connectivity index (χ0) is 26.1. The number of rotatable bonds is 11. The Kier molecular flexibility index (Phi) is 8.99. The largest absolute Gasteiger partial charge is 0.494 e. The van der Waals surface area contributed by atoms with Gasteiger partial charge in [0.2, 0.25) is 5.78 Å². The molecule has 0 unspecified atom stereocenters. The fourth-order valence-electron chi connectivity index (χ4n) is 3.19. The summed E-state index contributed by atoms with van der Waals surface area (Å²) in [7, 11) is 1.38. The van der Waals surface area contributed by atoms with Gasteiger partial charge in [-0.05, 0) is 80.6 Å². The van der Waals surface area contributed by atoms with Crippen LogP contribution >= 0.6 is 0 Å². The zero-order valence-corrected chi connectivity index (χ0v) is 20.1. The lowest BCUT2D eigenvalue weighted by molar-refractivity contribution is -0.118. The first kappa shape index (κ1) is 26.2. The number of carbonyl (C=O) groups is 3. The summed E-state index contributed by atoms with van der Waals surface area (Å²) < 4.78 is 34.4. The van der Waals surface area contributed by atoms with E-state index < -0.39 is 23.8 Å². The molecule has 1 atom stereocenters. The molecular weight excluding hydrogens is 469 g/mol. The van der Waals surface area contributed by atoms with E-state index in [1.54, 1.807) is 24.3 Å². The van der Waals surface area contributed by atoms with E-state index in [2.05, 4.69) is 5.32 Å². The molecule has 0 spiro atoms. The first-order valence-corrected chi connectivity index (χ1v) is 11.1. The standard InChI is InChI=1S/C27H26FNO7/c1-4-34-22-12-5-18(6-13-22)26(31)17(2)36-27(32)19-7-14-23(24(15-19)33-3)35-16-25(30)29-21-10-8-20(28)9-11-21/h5-15,17H,4,16H2,1-3H3,(H,29,30)/t17-/m0/s1. The molecule has 0 aromatic heterocycles. The van der Waals surface area contributed by atoms with Gasteiger partial charge in [0.05, 0.1) is 19.3 Å². The van der Waals surface area contributed by atoms with E-state index >= 15 is 0 Å². The number of nitrogens with one attached hydrogen (secondary N) is 1. The average Bonchev–Trinajstić information content (AvgIpc) is 2.88. The summed E-state index contributed by atoms with van der Waals surface area (Å²) in [4.78, 5) is 37.4. The molecule has 188 valence electrons. The number of amides is 1. The quantitative estimate of drug-likeness (QED) is 0.305.